The van der Waals surface area contributed by atoms with Gasteiger partial charge < -0.3 is 20.0 Å². The zero-order chi connectivity index (χ0) is 33.1. The molecule has 9 nitrogen and oxygen atoms in total. The Morgan fingerprint density at radius 3 is 1.82 bits per heavy atom. The number of hydrogen-bond acceptors (Lipinski definition) is 6. The summed E-state index contributed by atoms with van der Waals surface area (Å²) < 4.78 is 0. The number of hydrogen-bond donors (Lipinski definition) is 2. The first-order chi connectivity index (χ1) is 21.2. The SMILES string of the molecule is CC1=C(C(=O)O)C(c2cccc([N+](=O)[O-])c2)(C(C)(C)CN(C)CCC(c2ccccc2)c2ccccc2)C(C(=O)O)=C(C)N1C. The van der Waals surface area contributed by atoms with Crippen molar-refractivity contribution in [1.29, 1.82) is 0 Å². The standard InChI is InChI=1S/C36H41N3O6/c1-24-31(33(40)41)36(32(34(42)43)25(2)38(24)6,28-18-13-19-29(22-28)39(44)45)35(3,4)23-37(5)21-20-30(26-14-9-7-10-15-26)27-16-11-8-12-17-27/h7-19,22,30H,20-21,23H2,1-6H3,(H,40,41)(H,42,43). The van der Waals surface area contributed by atoms with Crippen LogP contribution in [-0.4, -0.2) is 64.1 Å². The average Bonchev–Trinajstić information content (AvgIpc) is 3.00. The van der Waals surface area contributed by atoms with Gasteiger partial charge in [0.2, 0.25) is 0 Å². The highest BCUT2D eigenvalue weighted by atomic mass is 16.6. The molecule has 3 aromatic rings. The fraction of sp³-hybridized carbons (Fsp3) is 0.333. The van der Waals surface area contributed by atoms with Gasteiger partial charge in [-0.15, -0.1) is 0 Å². The highest BCUT2D eigenvalue weighted by Gasteiger charge is 2.60. The van der Waals surface area contributed by atoms with Gasteiger partial charge in [0.25, 0.3) is 5.69 Å². The summed E-state index contributed by atoms with van der Waals surface area (Å²) in [4.78, 5) is 41.4. The van der Waals surface area contributed by atoms with Gasteiger partial charge in [0.1, 0.15) is 0 Å². The van der Waals surface area contributed by atoms with Crippen molar-refractivity contribution in [2.24, 2.45) is 5.41 Å². The number of carboxylic acids is 2. The van der Waals surface area contributed by atoms with Crippen molar-refractivity contribution in [3.05, 3.63) is 134 Å². The summed E-state index contributed by atoms with van der Waals surface area (Å²) in [5.41, 5.74) is 0.0894. The number of nitro benzene ring substituents is 1. The summed E-state index contributed by atoms with van der Waals surface area (Å²) >= 11 is 0. The number of carboxylic acid groups (broad SMARTS) is 2. The van der Waals surface area contributed by atoms with E-state index in [-0.39, 0.29) is 28.3 Å². The first-order valence-corrected chi connectivity index (χ1v) is 14.9. The molecule has 4 rings (SSSR count). The van der Waals surface area contributed by atoms with E-state index in [1.165, 1.54) is 29.3 Å². The molecule has 236 valence electrons. The van der Waals surface area contributed by atoms with Crippen LogP contribution in [0.2, 0.25) is 0 Å². The Bertz CT molecular complexity index is 1570. The number of benzene rings is 3. The van der Waals surface area contributed by atoms with Crippen LogP contribution in [0.3, 0.4) is 0 Å². The van der Waals surface area contributed by atoms with E-state index in [9.17, 15) is 29.9 Å². The number of nitro groups is 1. The van der Waals surface area contributed by atoms with Crippen LogP contribution >= 0.6 is 0 Å². The lowest BCUT2D eigenvalue weighted by Crippen LogP contribution is -2.56. The molecule has 1 aliphatic rings. The lowest BCUT2D eigenvalue weighted by molar-refractivity contribution is -0.385. The minimum atomic E-state index is -1.73. The predicted molar refractivity (Wildman–Crippen MR) is 174 cm³/mol. The van der Waals surface area contributed by atoms with E-state index in [0.29, 0.717) is 24.5 Å². The highest BCUT2D eigenvalue weighted by Crippen LogP contribution is 2.57. The van der Waals surface area contributed by atoms with Gasteiger partial charge in [-0.2, -0.15) is 0 Å². The van der Waals surface area contributed by atoms with Crippen LogP contribution in [0.4, 0.5) is 5.69 Å². The molecule has 0 unspecified atom stereocenters. The van der Waals surface area contributed by atoms with Crippen molar-refractivity contribution >= 4 is 17.6 Å². The summed E-state index contributed by atoms with van der Waals surface area (Å²) in [7, 11) is 3.58. The predicted octanol–water partition coefficient (Wildman–Crippen LogP) is 6.68. The zero-order valence-electron chi connectivity index (χ0n) is 26.7. The molecule has 0 aromatic heterocycles. The third-order valence-corrected chi connectivity index (χ3v) is 9.28. The van der Waals surface area contributed by atoms with Crippen LogP contribution in [0.15, 0.2) is 107 Å². The third kappa shape index (κ3) is 6.13. The van der Waals surface area contributed by atoms with Crippen molar-refractivity contribution in [3.63, 3.8) is 0 Å². The Morgan fingerprint density at radius 2 is 1.38 bits per heavy atom. The van der Waals surface area contributed by atoms with Crippen molar-refractivity contribution in [3.8, 4) is 0 Å². The second-order valence-corrected chi connectivity index (χ2v) is 12.4. The molecule has 0 spiro atoms. The van der Waals surface area contributed by atoms with Crippen molar-refractivity contribution in [1.82, 2.24) is 9.80 Å². The molecule has 0 saturated heterocycles. The second-order valence-electron chi connectivity index (χ2n) is 12.4. The van der Waals surface area contributed by atoms with E-state index < -0.39 is 27.7 Å². The molecule has 0 saturated carbocycles. The summed E-state index contributed by atoms with van der Waals surface area (Å²) in [5, 5.41) is 33.4. The molecule has 0 atom stereocenters. The van der Waals surface area contributed by atoms with Gasteiger partial charge in [-0.1, -0.05) is 86.6 Å². The Balaban J connectivity index is 1.85. The fourth-order valence-corrected chi connectivity index (χ4v) is 7.21. The molecule has 0 bridgehead atoms. The van der Waals surface area contributed by atoms with Crippen LogP contribution < -0.4 is 0 Å². The van der Waals surface area contributed by atoms with E-state index in [0.717, 1.165) is 6.42 Å². The van der Waals surface area contributed by atoms with E-state index in [1.54, 1.807) is 31.9 Å². The molecule has 0 amide bonds. The summed E-state index contributed by atoms with van der Waals surface area (Å²) in [6.45, 7) is 7.93. The Labute approximate surface area is 264 Å². The van der Waals surface area contributed by atoms with Crippen LogP contribution in [-0.2, 0) is 15.0 Å². The number of allylic oxidation sites excluding steroid dienone is 2. The molecule has 0 aliphatic carbocycles. The van der Waals surface area contributed by atoms with Crippen LogP contribution in [0.25, 0.3) is 0 Å². The molecular formula is C36H41N3O6. The number of non-ortho nitro benzene ring substituents is 1. The topological polar surface area (TPSA) is 124 Å². The maximum absolute atomic E-state index is 13.2. The maximum atomic E-state index is 13.2. The molecule has 0 fully saturated rings. The second kappa shape index (κ2) is 13.1. The Kier molecular flexibility index (Phi) is 9.63. The van der Waals surface area contributed by atoms with Gasteiger partial charge >= 0.3 is 11.9 Å². The van der Waals surface area contributed by atoms with Crippen LogP contribution in [0.5, 0.6) is 0 Å². The van der Waals surface area contributed by atoms with Gasteiger partial charge in [0.15, 0.2) is 0 Å². The van der Waals surface area contributed by atoms with Gasteiger partial charge in [-0.25, -0.2) is 9.59 Å². The number of aliphatic carboxylic acids is 2. The average molecular weight is 612 g/mol. The maximum Gasteiger partial charge on any atom is 0.334 e. The third-order valence-electron chi connectivity index (χ3n) is 9.28. The number of carbonyl (C=O) groups is 2. The van der Waals surface area contributed by atoms with Gasteiger partial charge in [-0.05, 0) is 56.0 Å². The normalized spacial score (nSPS) is 15.2. The minimum Gasteiger partial charge on any atom is -0.478 e. The molecule has 2 N–H and O–H groups in total. The van der Waals surface area contributed by atoms with Crippen LogP contribution in [0.1, 0.15) is 56.7 Å². The Hall–Kier alpha value is -4.76. The molecule has 1 heterocycles. The zero-order valence-corrected chi connectivity index (χ0v) is 26.7. The van der Waals surface area contributed by atoms with Gasteiger partial charge in [-0.3, -0.25) is 10.1 Å². The quantitative estimate of drug-likeness (QED) is 0.172. The molecule has 3 aromatic carbocycles. The first-order valence-electron chi connectivity index (χ1n) is 14.9. The van der Waals surface area contributed by atoms with Crippen molar-refractivity contribution < 1.29 is 24.7 Å². The van der Waals surface area contributed by atoms with Crippen LogP contribution in [0, 0.1) is 15.5 Å². The van der Waals surface area contributed by atoms with Gasteiger partial charge in [0.05, 0.1) is 21.5 Å². The highest BCUT2D eigenvalue weighted by molar-refractivity contribution is 6.01. The first kappa shape index (κ1) is 33.1. The molecular weight excluding hydrogens is 570 g/mol. The lowest BCUT2D eigenvalue weighted by Gasteiger charge is -2.53. The van der Waals surface area contributed by atoms with Crippen molar-refractivity contribution in [2.75, 3.05) is 27.2 Å². The largest absolute Gasteiger partial charge is 0.478 e. The molecule has 1 aliphatic heterocycles. The van der Waals surface area contributed by atoms with E-state index in [1.807, 2.05) is 57.3 Å². The number of rotatable bonds is 12. The lowest BCUT2D eigenvalue weighted by atomic mass is 9.52. The summed E-state index contributed by atoms with van der Waals surface area (Å²) in [5.74, 6) is -2.44. The van der Waals surface area contributed by atoms with E-state index >= 15 is 0 Å². The molecule has 0 radical (unpaired) electrons. The smallest absolute Gasteiger partial charge is 0.334 e. The number of nitrogens with zero attached hydrogens (tertiary/aromatic N) is 3. The summed E-state index contributed by atoms with van der Waals surface area (Å²) in [6.07, 6.45) is 0.758. The molecule has 45 heavy (non-hydrogen) atoms. The van der Waals surface area contributed by atoms with Crippen molar-refractivity contribution in [2.45, 2.75) is 45.4 Å². The molecule has 9 heteroatoms. The Morgan fingerprint density at radius 1 is 0.889 bits per heavy atom. The fourth-order valence-electron chi connectivity index (χ4n) is 7.21. The minimum absolute atomic E-state index is 0.112. The van der Waals surface area contributed by atoms with E-state index in [4.69, 9.17) is 0 Å². The van der Waals surface area contributed by atoms with E-state index in [2.05, 4.69) is 29.2 Å². The van der Waals surface area contributed by atoms with Gasteiger partial charge in [0, 0.05) is 43.0 Å². The summed E-state index contributed by atoms with van der Waals surface area (Å²) in [6, 6.07) is 26.2. The monoisotopic (exact) mass is 611 g/mol.